The quantitative estimate of drug-likeness (QED) is 0.845. The summed E-state index contributed by atoms with van der Waals surface area (Å²) in [5.74, 6) is 2.57. The van der Waals surface area contributed by atoms with E-state index >= 15 is 0 Å². The number of aromatic amines is 1. The lowest BCUT2D eigenvalue weighted by Gasteiger charge is -2.11. The minimum Gasteiger partial charge on any atom is -0.363 e. The molecule has 2 unspecified atom stereocenters. The van der Waals surface area contributed by atoms with Crippen molar-refractivity contribution in [2.45, 2.75) is 19.4 Å². The van der Waals surface area contributed by atoms with Crippen molar-refractivity contribution < 1.29 is 0 Å². The molecule has 2 aromatic heterocycles. The summed E-state index contributed by atoms with van der Waals surface area (Å²) in [6.45, 7) is 3.33. The predicted octanol–water partition coefficient (Wildman–Crippen LogP) is 1.69. The third kappa shape index (κ3) is 1.84. The first-order chi connectivity index (χ1) is 8.65. The predicted molar refractivity (Wildman–Crippen MR) is 72.7 cm³/mol. The molecule has 0 bridgehead atoms. The summed E-state index contributed by atoms with van der Waals surface area (Å²) >= 11 is 0. The Bertz CT molecular complexity index is 560. The lowest BCUT2D eigenvalue weighted by molar-refractivity contribution is 0.484. The first-order valence-electron chi connectivity index (χ1n) is 6.42. The van der Waals surface area contributed by atoms with Crippen molar-refractivity contribution in [3.63, 3.8) is 0 Å². The van der Waals surface area contributed by atoms with Crippen LogP contribution in [-0.4, -0.2) is 35.6 Å². The Morgan fingerprint density at radius 1 is 1.28 bits per heavy atom. The number of fused-ring (bicyclic) bond motifs is 1. The lowest BCUT2D eigenvalue weighted by Crippen LogP contribution is -2.17. The molecule has 0 spiro atoms. The molecule has 2 atom stereocenters. The molecule has 1 fully saturated rings. The van der Waals surface area contributed by atoms with Crippen molar-refractivity contribution in [2.24, 2.45) is 5.92 Å². The number of imidazole rings is 1. The van der Waals surface area contributed by atoms with Crippen molar-refractivity contribution in [2.75, 3.05) is 25.5 Å². The van der Waals surface area contributed by atoms with E-state index in [0.29, 0.717) is 12.0 Å². The standard InChI is InChI=1S/C13H19N5/c1-8-6-7-14-11(8)13-15-9-4-5-10(18(2)3)16-12(9)17-13/h4-5,8,11,14H,6-7H2,1-3H3,(H,15,16,17). The van der Waals surface area contributed by atoms with E-state index in [1.807, 2.05) is 31.1 Å². The lowest BCUT2D eigenvalue weighted by atomic mass is 10.0. The Balaban J connectivity index is 2.00. The van der Waals surface area contributed by atoms with Crippen LogP contribution in [0.25, 0.3) is 11.2 Å². The Morgan fingerprint density at radius 2 is 2.11 bits per heavy atom. The minimum absolute atomic E-state index is 0.335. The van der Waals surface area contributed by atoms with Gasteiger partial charge in [-0.05, 0) is 31.0 Å². The van der Waals surface area contributed by atoms with E-state index in [0.717, 1.165) is 29.4 Å². The first kappa shape index (κ1) is 11.5. The van der Waals surface area contributed by atoms with E-state index in [9.17, 15) is 0 Å². The molecule has 1 aliphatic rings. The van der Waals surface area contributed by atoms with Crippen LogP contribution in [0.4, 0.5) is 5.82 Å². The van der Waals surface area contributed by atoms with Gasteiger partial charge in [0.2, 0.25) is 0 Å². The van der Waals surface area contributed by atoms with Crippen LogP contribution >= 0.6 is 0 Å². The molecule has 5 nitrogen and oxygen atoms in total. The average Bonchev–Trinajstić information content (AvgIpc) is 2.92. The molecule has 0 saturated carbocycles. The van der Waals surface area contributed by atoms with Crippen LogP contribution in [0.5, 0.6) is 0 Å². The molecular formula is C13H19N5. The van der Waals surface area contributed by atoms with Gasteiger partial charge in [-0.3, -0.25) is 0 Å². The zero-order valence-corrected chi connectivity index (χ0v) is 11.1. The van der Waals surface area contributed by atoms with E-state index in [-0.39, 0.29) is 0 Å². The number of anilines is 1. The second-order valence-corrected chi connectivity index (χ2v) is 5.25. The maximum Gasteiger partial charge on any atom is 0.179 e. The topological polar surface area (TPSA) is 56.8 Å². The van der Waals surface area contributed by atoms with Crippen LogP contribution in [0.3, 0.4) is 0 Å². The minimum atomic E-state index is 0.335. The van der Waals surface area contributed by atoms with E-state index in [2.05, 4.69) is 27.2 Å². The molecule has 5 heteroatoms. The number of nitrogens with zero attached hydrogens (tertiary/aromatic N) is 3. The van der Waals surface area contributed by atoms with Crippen LogP contribution in [0.2, 0.25) is 0 Å². The van der Waals surface area contributed by atoms with Gasteiger partial charge in [-0.25, -0.2) is 9.97 Å². The van der Waals surface area contributed by atoms with E-state index in [1.165, 1.54) is 6.42 Å². The second-order valence-electron chi connectivity index (χ2n) is 5.25. The summed E-state index contributed by atoms with van der Waals surface area (Å²) in [6.07, 6.45) is 1.21. The molecule has 96 valence electrons. The molecule has 0 aromatic carbocycles. The van der Waals surface area contributed by atoms with E-state index in [1.54, 1.807) is 0 Å². The van der Waals surface area contributed by atoms with Gasteiger partial charge in [-0.1, -0.05) is 6.92 Å². The Morgan fingerprint density at radius 3 is 2.78 bits per heavy atom. The molecule has 1 saturated heterocycles. The number of hydrogen-bond acceptors (Lipinski definition) is 4. The zero-order chi connectivity index (χ0) is 12.7. The van der Waals surface area contributed by atoms with Gasteiger partial charge in [0.25, 0.3) is 0 Å². The molecule has 0 radical (unpaired) electrons. The SMILES string of the molecule is CC1CCNC1c1nc2nc(N(C)C)ccc2[nH]1. The number of nitrogens with one attached hydrogen (secondary N) is 2. The highest BCUT2D eigenvalue weighted by Crippen LogP contribution is 2.28. The van der Waals surface area contributed by atoms with Gasteiger partial charge in [0, 0.05) is 14.1 Å². The van der Waals surface area contributed by atoms with Crippen molar-refractivity contribution in [1.29, 1.82) is 0 Å². The number of rotatable bonds is 2. The smallest absolute Gasteiger partial charge is 0.179 e. The number of H-pyrrole nitrogens is 1. The normalized spacial score (nSPS) is 23.7. The molecule has 1 aliphatic heterocycles. The fraction of sp³-hybridized carbons (Fsp3) is 0.538. The van der Waals surface area contributed by atoms with Gasteiger partial charge in [-0.2, -0.15) is 0 Å². The molecule has 2 N–H and O–H groups in total. The monoisotopic (exact) mass is 245 g/mol. The fourth-order valence-corrected chi connectivity index (χ4v) is 2.50. The average molecular weight is 245 g/mol. The fourth-order valence-electron chi connectivity index (χ4n) is 2.50. The van der Waals surface area contributed by atoms with Gasteiger partial charge in [-0.15, -0.1) is 0 Å². The summed E-state index contributed by atoms with van der Waals surface area (Å²) in [4.78, 5) is 14.5. The molecule has 0 aliphatic carbocycles. The largest absolute Gasteiger partial charge is 0.363 e. The summed E-state index contributed by atoms with van der Waals surface area (Å²) in [5.41, 5.74) is 1.81. The number of aromatic nitrogens is 3. The Labute approximate surface area is 107 Å². The Kier molecular flexibility index (Phi) is 2.70. The second kappa shape index (κ2) is 4.24. The summed E-state index contributed by atoms with van der Waals surface area (Å²) in [7, 11) is 3.98. The molecule has 18 heavy (non-hydrogen) atoms. The molecule has 3 rings (SSSR count). The van der Waals surface area contributed by atoms with Crippen molar-refractivity contribution in [3.05, 3.63) is 18.0 Å². The number of hydrogen-bond donors (Lipinski definition) is 2. The highest BCUT2D eigenvalue weighted by atomic mass is 15.2. The maximum absolute atomic E-state index is 4.63. The van der Waals surface area contributed by atoms with E-state index < -0.39 is 0 Å². The number of pyridine rings is 1. The summed E-state index contributed by atoms with van der Waals surface area (Å²) < 4.78 is 0. The third-order valence-electron chi connectivity index (χ3n) is 3.64. The van der Waals surface area contributed by atoms with Crippen LogP contribution < -0.4 is 10.2 Å². The van der Waals surface area contributed by atoms with Gasteiger partial charge in [0.15, 0.2) is 5.65 Å². The van der Waals surface area contributed by atoms with Gasteiger partial charge >= 0.3 is 0 Å². The van der Waals surface area contributed by atoms with Crippen LogP contribution in [0, 0.1) is 5.92 Å². The molecule has 0 amide bonds. The van der Waals surface area contributed by atoms with Crippen molar-refractivity contribution in [3.8, 4) is 0 Å². The van der Waals surface area contributed by atoms with Gasteiger partial charge in [0.05, 0.1) is 11.6 Å². The van der Waals surface area contributed by atoms with Crippen LogP contribution in [0.15, 0.2) is 12.1 Å². The highest BCUT2D eigenvalue weighted by Gasteiger charge is 2.27. The first-order valence-corrected chi connectivity index (χ1v) is 6.42. The van der Waals surface area contributed by atoms with Gasteiger partial charge < -0.3 is 15.2 Å². The van der Waals surface area contributed by atoms with Crippen molar-refractivity contribution >= 4 is 17.0 Å². The molecule has 2 aromatic rings. The maximum atomic E-state index is 4.63. The van der Waals surface area contributed by atoms with Gasteiger partial charge in [0.1, 0.15) is 11.6 Å². The highest BCUT2D eigenvalue weighted by molar-refractivity contribution is 5.73. The molecule has 3 heterocycles. The Hall–Kier alpha value is -1.62. The third-order valence-corrected chi connectivity index (χ3v) is 3.64. The zero-order valence-electron chi connectivity index (χ0n) is 11.1. The molecular weight excluding hydrogens is 226 g/mol. The van der Waals surface area contributed by atoms with Crippen molar-refractivity contribution in [1.82, 2.24) is 20.3 Å². The van der Waals surface area contributed by atoms with Crippen LogP contribution in [-0.2, 0) is 0 Å². The van der Waals surface area contributed by atoms with Crippen LogP contribution in [0.1, 0.15) is 25.2 Å². The van der Waals surface area contributed by atoms with E-state index in [4.69, 9.17) is 0 Å². The summed E-state index contributed by atoms with van der Waals surface area (Å²) in [5, 5.41) is 3.49. The summed E-state index contributed by atoms with van der Waals surface area (Å²) in [6, 6.07) is 4.39.